The van der Waals surface area contributed by atoms with Gasteiger partial charge < -0.3 is 4.90 Å². The van der Waals surface area contributed by atoms with Gasteiger partial charge in [0.15, 0.2) is 14.6 Å². The number of hydrogen-bond acceptors (Lipinski definition) is 3. The number of rotatable bonds is 3. The van der Waals surface area contributed by atoms with Gasteiger partial charge >= 0.3 is 0 Å². The van der Waals surface area contributed by atoms with Crippen molar-refractivity contribution in [2.75, 3.05) is 19.3 Å². The normalized spacial score (nSPS) is 20.6. The van der Waals surface area contributed by atoms with Gasteiger partial charge in [-0.1, -0.05) is 37.1 Å². The molecule has 124 valence electrons. The molecule has 0 atom stereocenters. The molecule has 1 saturated carbocycles. The predicted octanol–water partition coefficient (Wildman–Crippen LogP) is 2.41. The van der Waals surface area contributed by atoms with Gasteiger partial charge in [0.05, 0.1) is 0 Å². The zero-order valence-electron chi connectivity index (χ0n) is 13.1. The fraction of sp³-hybridized carbons (Fsp3) is 0.471. The van der Waals surface area contributed by atoms with Gasteiger partial charge in [0.25, 0.3) is 0 Å². The van der Waals surface area contributed by atoms with Crippen LogP contribution in [0.5, 0.6) is 0 Å². The molecule has 0 spiro atoms. The van der Waals surface area contributed by atoms with Gasteiger partial charge in [-0.2, -0.15) is 0 Å². The van der Waals surface area contributed by atoms with Crippen molar-refractivity contribution in [1.82, 2.24) is 4.90 Å². The van der Waals surface area contributed by atoms with Crippen LogP contribution in [0.4, 0.5) is 4.39 Å². The number of halogens is 1. The average molecular weight is 337 g/mol. The fourth-order valence-corrected chi connectivity index (χ4v) is 5.08. The topological polar surface area (TPSA) is 54.5 Å². The molecule has 1 fully saturated rings. The number of nitrogens with zero attached hydrogens (tertiary/aromatic N) is 1. The molecule has 0 N–H and O–H groups in total. The monoisotopic (exact) mass is 337 g/mol. The van der Waals surface area contributed by atoms with E-state index >= 15 is 0 Å². The Hall–Kier alpha value is -1.69. The molecule has 1 aliphatic heterocycles. The highest BCUT2D eigenvalue weighted by molar-refractivity contribution is 7.92. The summed E-state index contributed by atoms with van der Waals surface area (Å²) in [6.07, 6.45) is 5.23. The Morgan fingerprint density at radius 3 is 2.48 bits per heavy atom. The van der Waals surface area contributed by atoms with E-state index in [-0.39, 0.29) is 18.3 Å². The Bertz CT molecular complexity index is 764. The van der Waals surface area contributed by atoms with Crippen molar-refractivity contribution in [3.63, 3.8) is 0 Å². The summed E-state index contributed by atoms with van der Waals surface area (Å²) in [5, 5.41) is 0. The molecule has 0 bridgehead atoms. The lowest BCUT2D eigenvalue weighted by molar-refractivity contribution is -0.132. The van der Waals surface area contributed by atoms with Crippen molar-refractivity contribution in [2.24, 2.45) is 0 Å². The maximum absolute atomic E-state index is 13.9. The van der Waals surface area contributed by atoms with Gasteiger partial charge in [-0.3, -0.25) is 4.79 Å². The zero-order chi connectivity index (χ0) is 16.7. The highest BCUT2D eigenvalue weighted by Gasteiger charge is 2.52. The number of benzene rings is 1. The largest absolute Gasteiger partial charge is 0.333 e. The molecule has 0 aromatic heterocycles. The lowest BCUT2D eigenvalue weighted by Gasteiger charge is -2.30. The molecule has 0 radical (unpaired) electrons. The third-order valence-corrected chi connectivity index (χ3v) is 6.94. The van der Waals surface area contributed by atoms with Crippen molar-refractivity contribution >= 4 is 21.3 Å². The van der Waals surface area contributed by atoms with Crippen molar-refractivity contribution in [2.45, 2.75) is 30.4 Å². The van der Waals surface area contributed by atoms with E-state index in [0.717, 1.165) is 24.7 Å². The van der Waals surface area contributed by atoms with E-state index in [1.807, 2.05) is 0 Å². The van der Waals surface area contributed by atoms with Crippen LogP contribution in [0.15, 0.2) is 30.3 Å². The van der Waals surface area contributed by atoms with Crippen molar-refractivity contribution in [3.05, 3.63) is 41.7 Å². The molecule has 1 aromatic carbocycles. The second-order valence-electron chi connectivity index (χ2n) is 6.37. The van der Waals surface area contributed by atoms with Gasteiger partial charge in [0.1, 0.15) is 5.82 Å². The van der Waals surface area contributed by atoms with Gasteiger partial charge in [0.2, 0.25) is 5.91 Å². The first-order valence-corrected chi connectivity index (χ1v) is 9.67. The maximum atomic E-state index is 13.9. The summed E-state index contributed by atoms with van der Waals surface area (Å²) in [5.74, 6) is -0.660. The SMILES string of the molecule is CS(=O)(=O)C1(C(=O)N2CC=C(c3ccccc3F)C2)CCCC1. The van der Waals surface area contributed by atoms with Crippen LogP contribution in [0.3, 0.4) is 0 Å². The van der Waals surface area contributed by atoms with E-state index in [2.05, 4.69) is 0 Å². The van der Waals surface area contributed by atoms with E-state index in [1.54, 1.807) is 24.3 Å². The van der Waals surface area contributed by atoms with Crippen LogP contribution in [-0.2, 0) is 14.6 Å². The molecule has 1 heterocycles. The number of carbonyl (C=O) groups is 1. The van der Waals surface area contributed by atoms with Crippen molar-refractivity contribution in [1.29, 1.82) is 0 Å². The van der Waals surface area contributed by atoms with Gasteiger partial charge in [-0.05, 0) is 24.5 Å². The Kier molecular flexibility index (Phi) is 4.04. The van der Waals surface area contributed by atoms with E-state index in [1.165, 1.54) is 11.0 Å². The lowest BCUT2D eigenvalue weighted by atomic mass is 10.0. The summed E-state index contributed by atoms with van der Waals surface area (Å²) in [6, 6.07) is 6.43. The first-order valence-electron chi connectivity index (χ1n) is 7.78. The summed E-state index contributed by atoms with van der Waals surface area (Å²) in [5.41, 5.74) is 1.21. The molecule has 1 aromatic rings. The molecule has 0 saturated heterocycles. The minimum absolute atomic E-state index is 0.261. The first-order chi connectivity index (χ1) is 10.8. The quantitative estimate of drug-likeness (QED) is 0.851. The molecule has 1 amide bonds. The summed E-state index contributed by atoms with van der Waals surface area (Å²) in [7, 11) is -3.48. The van der Waals surface area contributed by atoms with E-state index < -0.39 is 14.6 Å². The third kappa shape index (κ3) is 2.69. The predicted molar refractivity (Wildman–Crippen MR) is 87.0 cm³/mol. The van der Waals surface area contributed by atoms with Crippen LogP contribution < -0.4 is 0 Å². The Morgan fingerprint density at radius 1 is 1.22 bits per heavy atom. The highest BCUT2D eigenvalue weighted by Crippen LogP contribution is 2.39. The standard InChI is InChI=1S/C17H20FNO3S/c1-23(21,22)17(9-4-5-10-17)16(20)19-11-8-13(12-19)14-6-2-3-7-15(14)18/h2-3,6-8H,4-5,9-12H2,1H3. The van der Waals surface area contributed by atoms with Crippen LogP contribution in [0, 0.1) is 5.82 Å². The summed E-state index contributed by atoms with van der Waals surface area (Å²) in [6.45, 7) is 0.594. The molecule has 2 aliphatic rings. The van der Waals surface area contributed by atoms with Gasteiger partial charge in [0, 0.05) is 24.9 Å². The van der Waals surface area contributed by atoms with Crippen LogP contribution in [-0.4, -0.2) is 43.3 Å². The minimum atomic E-state index is -3.48. The second kappa shape index (κ2) is 5.74. The molecule has 4 nitrogen and oxygen atoms in total. The van der Waals surface area contributed by atoms with Crippen LogP contribution in [0.1, 0.15) is 31.2 Å². The minimum Gasteiger partial charge on any atom is -0.333 e. The summed E-state index contributed by atoms with van der Waals surface area (Å²) in [4.78, 5) is 14.4. The lowest BCUT2D eigenvalue weighted by Crippen LogP contribution is -2.51. The zero-order valence-corrected chi connectivity index (χ0v) is 13.9. The van der Waals surface area contributed by atoms with Crippen LogP contribution in [0.25, 0.3) is 5.57 Å². The summed E-state index contributed by atoms with van der Waals surface area (Å²) >= 11 is 0. The maximum Gasteiger partial charge on any atom is 0.244 e. The number of sulfone groups is 1. The second-order valence-corrected chi connectivity index (χ2v) is 8.69. The molecule has 6 heteroatoms. The molecular formula is C17H20FNO3S. The van der Waals surface area contributed by atoms with Gasteiger partial charge in [-0.15, -0.1) is 0 Å². The van der Waals surface area contributed by atoms with E-state index in [9.17, 15) is 17.6 Å². The van der Waals surface area contributed by atoms with Crippen LogP contribution in [0.2, 0.25) is 0 Å². The molecule has 1 aliphatic carbocycles. The van der Waals surface area contributed by atoms with E-state index in [0.29, 0.717) is 24.9 Å². The van der Waals surface area contributed by atoms with Crippen molar-refractivity contribution < 1.29 is 17.6 Å². The van der Waals surface area contributed by atoms with Crippen molar-refractivity contribution in [3.8, 4) is 0 Å². The highest BCUT2D eigenvalue weighted by atomic mass is 32.2. The first kappa shape index (κ1) is 16.2. The van der Waals surface area contributed by atoms with E-state index in [4.69, 9.17) is 0 Å². The number of hydrogen-bond donors (Lipinski definition) is 0. The summed E-state index contributed by atoms with van der Waals surface area (Å²) < 4.78 is 37.1. The Balaban J connectivity index is 1.83. The molecule has 3 rings (SSSR count). The average Bonchev–Trinajstić information content (AvgIpc) is 3.16. The molecular weight excluding hydrogens is 317 g/mol. The fourth-order valence-electron chi connectivity index (χ4n) is 3.60. The number of amides is 1. The number of carbonyl (C=O) groups excluding carboxylic acids is 1. The Morgan fingerprint density at radius 2 is 1.87 bits per heavy atom. The van der Waals surface area contributed by atoms with Crippen LogP contribution >= 0.6 is 0 Å². The smallest absolute Gasteiger partial charge is 0.244 e. The van der Waals surface area contributed by atoms with Gasteiger partial charge in [-0.25, -0.2) is 12.8 Å². The molecule has 23 heavy (non-hydrogen) atoms. The molecule has 0 unspecified atom stereocenters. The Labute approximate surface area is 135 Å². The third-order valence-electron chi connectivity index (χ3n) is 4.94.